The minimum Gasteiger partial charge on any atom is -0.511 e. The van der Waals surface area contributed by atoms with Crippen LogP contribution in [0.1, 0.15) is 29.9 Å². The third-order valence-corrected chi connectivity index (χ3v) is 5.64. The van der Waals surface area contributed by atoms with Gasteiger partial charge in [-0.1, -0.05) is 72.8 Å². The highest BCUT2D eigenvalue weighted by Crippen LogP contribution is 2.34. The number of benzene rings is 3. The summed E-state index contributed by atoms with van der Waals surface area (Å²) >= 11 is 0. The van der Waals surface area contributed by atoms with Gasteiger partial charge in [0.05, 0.1) is 18.7 Å². The molecule has 1 unspecified atom stereocenters. The third kappa shape index (κ3) is 4.19. The Kier molecular flexibility index (Phi) is 6.05. The number of rotatable bonds is 5. The van der Waals surface area contributed by atoms with E-state index in [1.165, 1.54) is 0 Å². The summed E-state index contributed by atoms with van der Waals surface area (Å²) in [4.78, 5) is 17.5. The van der Waals surface area contributed by atoms with Crippen molar-refractivity contribution in [2.75, 3.05) is 13.2 Å². The van der Waals surface area contributed by atoms with Crippen LogP contribution in [0.5, 0.6) is 0 Å². The van der Waals surface area contributed by atoms with Crippen LogP contribution in [-0.4, -0.2) is 34.9 Å². The van der Waals surface area contributed by atoms with Gasteiger partial charge in [0.1, 0.15) is 5.76 Å². The molecule has 3 aromatic rings. The Hall–Kier alpha value is -3.24. The summed E-state index contributed by atoms with van der Waals surface area (Å²) in [6.45, 7) is 0.125. The van der Waals surface area contributed by atoms with Crippen molar-refractivity contribution in [3.8, 4) is 0 Å². The van der Waals surface area contributed by atoms with Crippen molar-refractivity contribution in [2.45, 2.75) is 25.2 Å². The van der Waals surface area contributed by atoms with Crippen LogP contribution < -0.4 is 0 Å². The molecule has 1 aliphatic rings. The van der Waals surface area contributed by atoms with E-state index in [2.05, 4.69) is 4.99 Å². The quantitative estimate of drug-likeness (QED) is 0.479. The Balaban J connectivity index is 1.69. The lowest BCUT2D eigenvalue weighted by Gasteiger charge is -2.26. The fraction of sp³-hybridized carbons (Fsp3) is 0.231. The highest BCUT2D eigenvalue weighted by molar-refractivity contribution is 6.24. The second-order valence-electron chi connectivity index (χ2n) is 7.63. The molecule has 1 fully saturated rings. The molecule has 1 atom stereocenters. The maximum absolute atomic E-state index is 13.1. The highest BCUT2D eigenvalue weighted by atomic mass is 16.3. The molecular weight excluding hydrogens is 374 g/mol. The monoisotopic (exact) mass is 399 g/mol. The van der Waals surface area contributed by atoms with Crippen LogP contribution in [0.3, 0.4) is 0 Å². The molecule has 4 nitrogen and oxygen atoms in total. The number of Topliss-reactive ketones (excluding diaryl/α,β-unsaturated/α-hetero) is 1. The van der Waals surface area contributed by atoms with Gasteiger partial charge in [-0.15, -0.1) is 0 Å². The van der Waals surface area contributed by atoms with Crippen LogP contribution in [0.15, 0.2) is 89.1 Å². The smallest absolute Gasteiger partial charge is 0.168 e. The van der Waals surface area contributed by atoms with Gasteiger partial charge in [-0.25, -0.2) is 0 Å². The van der Waals surface area contributed by atoms with E-state index in [0.717, 1.165) is 21.9 Å². The molecule has 1 aliphatic carbocycles. The van der Waals surface area contributed by atoms with Gasteiger partial charge in [-0.2, -0.15) is 0 Å². The Morgan fingerprint density at radius 3 is 2.47 bits per heavy atom. The molecule has 4 rings (SSSR count). The molecule has 1 saturated carbocycles. The van der Waals surface area contributed by atoms with Crippen LogP contribution in [-0.2, 0) is 11.2 Å². The Morgan fingerprint density at radius 2 is 1.67 bits per heavy atom. The Bertz CT molecular complexity index is 1110. The van der Waals surface area contributed by atoms with Crippen LogP contribution in [0, 0.1) is 0 Å². The molecule has 0 aromatic heterocycles. The first-order chi connectivity index (χ1) is 14.7. The molecule has 0 spiro atoms. The van der Waals surface area contributed by atoms with E-state index < -0.39 is 0 Å². The molecule has 152 valence electrons. The van der Waals surface area contributed by atoms with Gasteiger partial charge in [0.2, 0.25) is 0 Å². The number of hydrogen-bond donors (Lipinski definition) is 2. The predicted octanol–water partition coefficient (Wildman–Crippen LogP) is 4.77. The predicted molar refractivity (Wildman–Crippen MR) is 120 cm³/mol. The van der Waals surface area contributed by atoms with E-state index in [1.54, 1.807) is 0 Å². The van der Waals surface area contributed by atoms with Crippen molar-refractivity contribution < 1.29 is 15.0 Å². The van der Waals surface area contributed by atoms with Crippen LogP contribution in [0.2, 0.25) is 0 Å². The van der Waals surface area contributed by atoms with Crippen LogP contribution in [0.4, 0.5) is 0 Å². The largest absolute Gasteiger partial charge is 0.511 e. The summed E-state index contributed by atoms with van der Waals surface area (Å²) in [6, 6.07) is 23.9. The van der Waals surface area contributed by atoms with Gasteiger partial charge in [0.25, 0.3) is 0 Å². The lowest BCUT2D eigenvalue weighted by Crippen LogP contribution is -2.27. The first-order valence-corrected chi connectivity index (χ1v) is 10.3. The number of carbonyl (C=O) groups is 1. The summed E-state index contributed by atoms with van der Waals surface area (Å²) in [7, 11) is 0. The lowest BCUT2D eigenvalue weighted by atomic mass is 9.78. The van der Waals surface area contributed by atoms with Crippen molar-refractivity contribution in [1.82, 2.24) is 0 Å². The van der Waals surface area contributed by atoms with Crippen molar-refractivity contribution in [2.24, 2.45) is 4.99 Å². The Labute approximate surface area is 176 Å². The highest BCUT2D eigenvalue weighted by Gasteiger charge is 2.32. The number of carbonyl (C=O) groups excluding carboxylic acids is 1. The maximum atomic E-state index is 13.1. The second kappa shape index (κ2) is 9.06. The molecule has 0 radical (unpaired) electrons. The molecule has 0 amide bonds. The minimum atomic E-state index is -0.0930. The number of hydrogen-bond acceptors (Lipinski definition) is 4. The molecule has 2 N–H and O–H groups in total. The fourth-order valence-electron chi connectivity index (χ4n) is 4.23. The number of aliphatic hydroxyl groups excluding tert-OH is 2. The summed E-state index contributed by atoms with van der Waals surface area (Å²) in [5, 5.41) is 22.4. The SMILES string of the molecule is O=C1CC(c2ccccc2)CC(=NCCO)C1=C(O)Cc1cccc2ccccc12. The first kappa shape index (κ1) is 20.0. The van der Waals surface area contributed by atoms with Crippen molar-refractivity contribution in [3.05, 3.63) is 95.3 Å². The zero-order valence-corrected chi connectivity index (χ0v) is 16.8. The summed E-state index contributed by atoms with van der Waals surface area (Å²) in [5.41, 5.74) is 2.98. The van der Waals surface area contributed by atoms with Crippen LogP contribution in [0.25, 0.3) is 10.8 Å². The molecule has 0 aliphatic heterocycles. The minimum absolute atomic E-state index is 0.0326. The molecule has 30 heavy (non-hydrogen) atoms. The number of aliphatic hydroxyl groups is 2. The zero-order valence-electron chi connectivity index (χ0n) is 16.8. The van der Waals surface area contributed by atoms with Crippen molar-refractivity contribution in [1.29, 1.82) is 0 Å². The van der Waals surface area contributed by atoms with Gasteiger partial charge < -0.3 is 10.2 Å². The molecule has 0 bridgehead atoms. The molecule has 3 aromatic carbocycles. The first-order valence-electron chi connectivity index (χ1n) is 10.3. The number of ketones is 1. The molecule has 0 saturated heterocycles. The van der Waals surface area contributed by atoms with Gasteiger partial charge >= 0.3 is 0 Å². The average molecular weight is 399 g/mol. The number of fused-ring (bicyclic) bond motifs is 1. The van der Waals surface area contributed by atoms with Gasteiger partial charge in [-0.3, -0.25) is 9.79 Å². The van der Waals surface area contributed by atoms with Crippen LogP contribution >= 0.6 is 0 Å². The average Bonchev–Trinajstić information content (AvgIpc) is 2.78. The van der Waals surface area contributed by atoms with E-state index >= 15 is 0 Å². The van der Waals surface area contributed by atoms with Gasteiger partial charge in [0, 0.05) is 18.6 Å². The van der Waals surface area contributed by atoms with Gasteiger partial charge in [-0.05, 0) is 34.2 Å². The van der Waals surface area contributed by atoms with Gasteiger partial charge in [0.15, 0.2) is 5.78 Å². The fourth-order valence-corrected chi connectivity index (χ4v) is 4.23. The molecule has 4 heteroatoms. The summed E-state index contributed by atoms with van der Waals surface area (Å²) < 4.78 is 0. The topological polar surface area (TPSA) is 69.9 Å². The normalized spacial score (nSPS) is 20.0. The van der Waals surface area contributed by atoms with Crippen molar-refractivity contribution in [3.63, 3.8) is 0 Å². The maximum Gasteiger partial charge on any atom is 0.168 e. The van der Waals surface area contributed by atoms with Crippen molar-refractivity contribution >= 4 is 22.3 Å². The number of allylic oxidation sites excluding steroid dienone is 2. The third-order valence-electron chi connectivity index (χ3n) is 5.64. The van der Waals surface area contributed by atoms with E-state index in [9.17, 15) is 15.0 Å². The number of aliphatic imine (C=N–C) groups is 1. The van der Waals surface area contributed by atoms with E-state index in [0.29, 0.717) is 24.1 Å². The zero-order chi connectivity index (χ0) is 20.9. The van der Waals surface area contributed by atoms with E-state index in [4.69, 9.17) is 0 Å². The van der Waals surface area contributed by atoms with E-state index in [-0.39, 0.29) is 37.0 Å². The standard InChI is InChI=1S/C26H25NO3/c28-14-13-27-23-15-21(18-7-2-1-3-8-18)17-25(30)26(23)24(29)16-20-11-6-10-19-9-4-5-12-22(19)20/h1-12,21,28-29H,13-17H2. The lowest BCUT2D eigenvalue weighted by molar-refractivity contribution is -0.115. The Morgan fingerprint density at radius 1 is 0.933 bits per heavy atom. The molecular formula is C26H25NO3. The number of nitrogens with zero attached hydrogens (tertiary/aromatic N) is 1. The second-order valence-corrected chi connectivity index (χ2v) is 7.63. The molecule has 0 heterocycles. The summed E-state index contributed by atoms with van der Waals surface area (Å²) in [6.07, 6.45) is 1.19. The van der Waals surface area contributed by atoms with E-state index in [1.807, 2.05) is 72.8 Å². The summed E-state index contributed by atoms with van der Waals surface area (Å²) in [5.74, 6) is -0.00525.